The van der Waals surface area contributed by atoms with Gasteiger partial charge in [0.1, 0.15) is 11.5 Å². The standard InChI is InChI=1S/C29H25N9/c1-36-16-21-13-20(36)17-37(21)26-6-5-19(14-32-26)25-9-12-31-29-27(22-3-2-4-24-23(22)15-33-34-24)28(35-38(25)29)18-7-10-30-11-8-18/h2-12,14-15,20-21H,13,16-17H2,1H3,(H,33,34)/t20-,21+/m1/s1. The first kappa shape index (κ1) is 21.5. The Morgan fingerprint density at radius 1 is 0.868 bits per heavy atom. The van der Waals surface area contributed by atoms with E-state index >= 15 is 0 Å². The fourth-order valence-electron chi connectivity index (χ4n) is 6.16. The summed E-state index contributed by atoms with van der Waals surface area (Å²) < 4.78 is 1.94. The summed E-state index contributed by atoms with van der Waals surface area (Å²) in [7, 11) is 2.22. The number of likely N-dealkylation sites (tertiary alicyclic amines) is 1. The summed E-state index contributed by atoms with van der Waals surface area (Å²) >= 11 is 0. The average molecular weight is 500 g/mol. The molecular formula is C29H25N9. The van der Waals surface area contributed by atoms with Crippen molar-refractivity contribution >= 4 is 22.4 Å². The van der Waals surface area contributed by atoms with E-state index in [-0.39, 0.29) is 0 Å². The summed E-state index contributed by atoms with van der Waals surface area (Å²) in [6, 6.07) is 17.6. The van der Waals surface area contributed by atoms with E-state index in [4.69, 9.17) is 15.1 Å². The van der Waals surface area contributed by atoms with Crippen LogP contribution in [0.1, 0.15) is 6.42 Å². The molecule has 7 heterocycles. The molecule has 8 rings (SSSR count). The molecule has 1 N–H and O–H groups in total. The number of hydrogen-bond acceptors (Lipinski definition) is 7. The predicted octanol–water partition coefficient (Wildman–Crippen LogP) is 4.29. The van der Waals surface area contributed by atoms with Crippen molar-refractivity contribution in [3.05, 3.63) is 79.5 Å². The van der Waals surface area contributed by atoms with Crippen molar-refractivity contribution in [3.63, 3.8) is 0 Å². The van der Waals surface area contributed by atoms with Crippen molar-refractivity contribution in [2.45, 2.75) is 18.5 Å². The molecule has 1 aromatic carbocycles. The maximum absolute atomic E-state index is 5.12. The minimum absolute atomic E-state index is 0.554. The first-order valence-electron chi connectivity index (χ1n) is 12.9. The SMILES string of the molecule is CN1C[C@@H]2C[C@@H]1CN2c1ccc(-c2ccnc3c(-c4cccc5[nH]ncc45)c(-c4ccncc4)nn23)cn1. The van der Waals surface area contributed by atoms with Gasteiger partial charge in [-0.3, -0.25) is 15.0 Å². The molecule has 9 heteroatoms. The Bertz CT molecular complexity index is 1790. The zero-order chi connectivity index (χ0) is 25.2. The number of likely N-dealkylation sites (N-methyl/N-ethyl adjacent to an activating group) is 1. The van der Waals surface area contributed by atoms with Crippen molar-refractivity contribution in [1.29, 1.82) is 0 Å². The lowest BCUT2D eigenvalue weighted by Crippen LogP contribution is -2.44. The number of anilines is 1. The van der Waals surface area contributed by atoms with Crippen molar-refractivity contribution in [3.8, 4) is 33.6 Å². The molecule has 2 atom stereocenters. The van der Waals surface area contributed by atoms with Gasteiger partial charge in [0.15, 0.2) is 5.65 Å². The number of nitrogens with one attached hydrogen (secondary N) is 1. The second-order valence-corrected chi connectivity index (χ2v) is 10.2. The van der Waals surface area contributed by atoms with Crippen molar-refractivity contribution in [2.24, 2.45) is 0 Å². The lowest BCUT2D eigenvalue weighted by Gasteiger charge is -2.32. The molecule has 2 saturated heterocycles. The van der Waals surface area contributed by atoms with Gasteiger partial charge in [0.05, 0.1) is 23.0 Å². The molecule has 5 aromatic heterocycles. The molecule has 186 valence electrons. The van der Waals surface area contributed by atoms with Crippen LogP contribution in [0.15, 0.2) is 79.5 Å². The van der Waals surface area contributed by atoms with Crippen molar-refractivity contribution in [2.75, 3.05) is 25.0 Å². The summed E-state index contributed by atoms with van der Waals surface area (Å²) in [5.74, 6) is 1.05. The zero-order valence-corrected chi connectivity index (χ0v) is 20.9. The van der Waals surface area contributed by atoms with E-state index in [9.17, 15) is 0 Å². The molecule has 2 bridgehead atoms. The predicted molar refractivity (Wildman–Crippen MR) is 147 cm³/mol. The van der Waals surface area contributed by atoms with Crippen LogP contribution in [0.5, 0.6) is 0 Å². The van der Waals surface area contributed by atoms with Crippen molar-refractivity contribution in [1.82, 2.24) is 39.7 Å². The normalized spacial score (nSPS) is 19.2. The lowest BCUT2D eigenvalue weighted by atomic mass is 9.99. The number of piperazine rings is 1. The molecule has 9 nitrogen and oxygen atoms in total. The molecule has 0 unspecified atom stereocenters. The van der Waals surface area contributed by atoms with E-state index in [1.807, 2.05) is 53.4 Å². The molecule has 0 saturated carbocycles. The molecule has 6 aromatic rings. The van der Waals surface area contributed by atoms with E-state index in [0.717, 1.165) is 69.1 Å². The van der Waals surface area contributed by atoms with Crippen LogP contribution >= 0.6 is 0 Å². The molecule has 0 aliphatic carbocycles. The summed E-state index contributed by atoms with van der Waals surface area (Å²) in [5, 5.41) is 13.5. The third kappa shape index (κ3) is 3.18. The monoisotopic (exact) mass is 499 g/mol. The van der Waals surface area contributed by atoms with Gasteiger partial charge in [-0.15, -0.1) is 0 Å². The molecule has 2 aliphatic heterocycles. The van der Waals surface area contributed by atoms with Gasteiger partial charge in [-0.05, 0) is 55.4 Å². The summed E-state index contributed by atoms with van der Waals surface area (Å²) in [5.41, 5.74) is 7.53. The number of pyridine rings is 2. The van der Waals surface area contributed by atoms with Gasteiger partial charge in [-0.25, -0.2) is 14.5 Å². The number of H-pyrrole nitrogens is 1. The van der Waals surface area contributed by atoms with E-state index in [1.54, 1.807) is 12.4 Å². The van der Waals surface area contributed by atoms with Crippen LogP contribution < -0.4 is 4.90 Å². The van der Waals surface area contributed by atoms with Gasteiger partial charge >= 0.3 is 0 Å². The largest absolute Gasteiger partial charge is 0.351 e. The maximum Gasteiger partial charge on any atom is 0.164 e. The number of aromatic nitrogens is 7. The number of rotatable bonds is 4. The summed E-state index contributed by atoms with van der Waals surface area (Å²) in [4.78, 5) is 18.8. The van der Waals surface area contributed by atoms with Crippen LogP contribution in [0, 0.1) is 0 Å². The highest BCUT2D eigenvalue weighted by atomic mass is 15.4. The third-order valence-electron chi connectivity index (χ3n) is 8.08. The van der Waals surface area contributed by atoms with E-state index in [0.29, 0.717) is 12.1 Å². The van der Waals surface area contributed by atoms with Crippen molar-refractivity contribution < 1.29 is 0 Å². The third-order valence-corrected chi connectivity index (χ3v) is 8.08. The van der Waals surface area contributed by atoms with Crippen LogP contribution in [0.2, 0.25) is 0 Å². The minimum atomic E-state index is 0.554. The topological polar surface area (TPSA) is 91.1 Å². The molecule has 38 heavy (non-hydrogen) atoms. The Kier molecular flexibility index (Phi) is 4.62. The summed E-state index contributed by atoms with van der Waals surface area (Å²) in [6.45, 7) is 2.15. The Morgan fingerprint density at radius 2 is 1.79 bits per heavy atom. The van der Waals surface area contributed by atoms with Gasteiger partial charge in [0.25, 0.3) is 0 Å². The fourth-order valence-corrected chi connectivity index (χ4v) is 6.16. The Morgan fingerprint density at radius 3 is 2.58 bits per heavy atom. The second kappa shape index (κ2) is 8.19. The summed E-state index contributed by atoms with van der Waals surface area (Å²) in [6.07, 6.45) is 10.5. The number of nitrogens with zero attached hydrogens (tertiary/aromatic N) is 8. The van der Waals surface area contributed by atoms with Crippen LogP contribution in [0.4, 0.5) is 5.82 Å². The number of aromatic amines is 1. The Balaban J connectivity index is 1.28. The maximum atomic E-state index is 5.12. The fraction of sp³-hybridized carbons (Fsp3) is 0.207. The Labute approximate surface area is 218 Å². The van der Waals surface area contributed by atoms with Crippen LogP contribution in [0.25, 0.3) is 50.2 Å². The molecule has 2 aliphatic rings. The zero-order valence-electron chi connectivity index (χ0n) is 20.9. The van der Waals surface area contributed by atoms with Crippen LogP contribution in [0.3, 0.4) is 0 Å². The minimum Gasteiger partial charge on any atom is -0.351 e. The highest BCUT2D eigenvalue weighted by molar-refractivity contribution is 6.02. The number of hydrogen-bond donors (Lipinski definition) is 1. The molecular weight excluding hydrogens is 474 g/mol. The van der Waals surface area contributed by atoms with Gasteiger partial charge < -0.3 is 4.90 Å². The van der Waals surface area contributed by atoms with E-state index in [2.05, 4.69) is 50.2 Å². The smallest absolute Gasteiger partial charge is 0.164 e. The molecule has 2 fully saturated rings. The number of benzene rings is 1. The number of fused-ring (bicyclic) bond motifs is 4. The Hall–Kier alpha value is -4.63. The second-order valence-electron chi connectivity index (χ2n) is 10.2. The van der Waals surface area contributed by atoms with E-state index < -0.39 is 0 Å². The van der Waals surface area contributed by atoms with Gasteiger partial charge in [-0.1, -0.05) is 12.1 Å². The molecule has 0 amide bonds. The van der Waals surface area contributed by atoms with Crippen LogP contribution in [-0.4, -0.2) is 71.9 Å². The lowest BCUT2D eigenvalue weighted by molar-refractivity contribution is 0.292. The quantitative estimate of drug-likeness (QED) is 0.387. The van der Waals surface area contributed by atoms with Gasteiger partial charge in [0, 0.05) is 66.5 Å². The molecule has 0 radical (unpaired) electrons. The average Bonchev–Trinajstić information content (AvgIpc) is 3.75. The first-order chi connectivity index (χ1) is 18.7. The highest BCUT2D eigenvalue weighted by Gasteiger charge is 2.41. The first-order valence-corrected chi connectivity index (χ1v) is 12.9. The van der Waals surface area contributed by atoms with Gasteiger partial charge in [0.2, 0.25) is 0 Å². The molecule has 0 spiro atoms. The van der Waals surface area contributed by atoms with Gasteiger partial charge in [-0.2, -0.15) is 10.2 Å². The van der Waals surface area contributed by atoms with Crippen LogP contribution in [-0.2, 0) is 0 Å². The highest BCUT2D eigenvalue weighted by Crippen LogP contribution is 2.39. The van der Waals surface area contributed by atoms with E-state index in [1.165, 1.54) is 6.42 Å².